The molecular formula is C11H13BrFNO. The second-order valence-corrected chi connectivity index (χ2v) is 4.76. The average molecular weight is 274 g/mol. The fourth-order valence-electron chi connectivity index (χ4n) is 1.76. The molecule has 0 atom stereocenters. The normalized spacial score (nSPS) is 18.6. The highest BCUT2D eigenvalue weighted by Gasteiger charge is 2.37. The van der Waals surface area contributed by atoms with Crippen molar-refractivity contribution in [1.29, 1.82) is 0 Å². The molecule has 0 spiro atoms. The molecule has 2 rings (SSSR count). The smallest absolute Gasteiger partial charge is 0.124 e. The predicted molar refractivity (Wildman–Crippen MR) is 60.4 cm³/mol. The number of hydrogen-bond acceptors (Lipinski definition) is 2. The molecule has 1 aliphatic heterocycles. The molecule has 0 aliphatic carbocycles. The Bertz CT molecular complexity index is 360. The SMILES string of the molecule is COC1(Cc2ccc(F)cc2Br)CNC1. The molecule has 0 bridgehead atoms. The van der Waals surface area contributed by atoms with Crippen LogP contribution in [0, 0.1) is 5.82 Å². The van der Waals surface area contributed by atoms with Crippen molar-refractivity contribution in [3.63, 3.8) is 0 Å². The third-order valence-electron chi connectivity index (χ3n) is 2.86. The molecule has 2 nitrogen and oxygen atoms in total. The molecule has 1 aromatic rings. The Morgan fingerprint density at radius 1 is 1.53 bits per heavy atom. The van der Waals surface area contributed by atoms with Crippen molar-refractivity contribution >= 4 is 15.9 Å². The largest absolute Gasteiger partial charge is 0.375 e. The molecule has 82 valence electrons. The van der Waals surface area contributed by atoms with Gasteiger partial charge in [0.2, 0.25) is 0 Å². The van der Waals surface area contributed by atoms with Crippen molar-refractivity contribution in [2.45, 2.75) is 12.0 Å². The zero-order valence-corrected chi connectivity index (χ0v) is 10.1. The van der Waals surface area contributed by atoms with E-state index < -0.39 is 0 Å². The molecule has 15 heavy (non-hydrogen) atoms. The van der Waals surface area contributed by atoms with Gasteiger partial charge in [-0.1, -0.05) is 22.0 Å². The summed E-state index contributed by atoms with van der Waals surface area (Å²) in [6.07, 6.45) is 0.803. The van der Waals surface area contributed by atoms with Gasteiger partial charge in [-0.25, -0.2) is 4.39 Å². The van der Waals surface area contributed by atoms with Gasteiger partial charge in [0.15, 0.2) is 0 Å². The molecule has 1 heterocycles. The summed E-state index contributed by atoms with van der Waals surface area (Å²) in [6, 6.07) is 4.78. The second kappa shape index (κ2) is 4.20. The van der Waals surface area contributed by atoms with Crippen LogP contribution in [-0.2, 0) is 11.2 Å². The summed E-state index contributed by atoms with van der Waals surface area (Å²) < 4.78 is 19.2. The summed E-state index contributed by atoms with van der Waals surface area (Å²) in [5.74, 6) is -0.219. The van der Waals surface area contributed by atoms with Gasteiger partial charge in [0, 0.05) is 31.1 Å². The Hall–Kier alpha value is -0.450. The molecule has 1 aromatic carbocycles. The molecule has 1 saturated heterocycles. The second-order valence-electron chi connectivity index (χ2n) is 3.90. The van der Waals surface area contributed by atoms with Gasteiger partial charge in [0.1, 0.15) is 5.82 Å². The summed E-state index contributed by atoms with van der Waals surface area (Å²) in [6.45, 7) is 1.71. The molecule has 0 amide bonds. The number of methoxy groups -OCH3 is 1. The van der Waals surface area contributed by atoms with Crippen molar-refractivity contribution in [2.75, 3.05) is 20.2 Å². The minimum Gasteiger partial charge on any atom is -0.375 e. The first kappa shape index (κ1) is 11.0. The van der Waals surface area contributed by atoms with E-state index in [4.69, 9.17) is 4.74 Å². The maximum atomic E-state index is 12.9. The van der Waals surface area contributed by atoms with E-state index in [0.29, 0.717) is 0 Å². The summed E-state index contributed by atoms with van der Waals surface area (Å²) in [7, 11) is 1.72. The van der Waals surface area contributed by atoms with Gasteiger partial charge in [-0.15, -0.1) is 0 Å². The van der Waals surface area contributed by atoms with Gasteiger partial charge < -0.3 is 10.1 Å². The lowest BCUT2D eigenvalue weighted by Gasteiger charge is -2.41. The van der Waals surface area contributed by atoms with E-state index in [2.05, 4.69) is 21.2 Å². The van der Waals surface area contributed by atoms with Crippen LogP contribution in [0.25, 0.3) is 0 Å². The van der Waals surface area contributed by atoms with Crippen molar-refractivity contribution < 1.29 is 9.13 Å². The maximum Gasteiger partial charge on any atom is 0.124 e. The fraction of sp³-hybridized carbons (Fsp3) is 0.455. The number of benzene rings is 1. The highest BCUT2D eigenvalue weighted by molar-refractivity contribution is 9.10. The van der Waals surface area contributed by atoms with Gasteiger partial charge in [-0.05, 0) is 17.7 Å². The zero-order valence-electron chi connectivity index (χ0n) is 8.52. The highest BCUT2D eigenvalue weighted by atomic mass is 79.9. The van der Waals surface area contributed by atoms with Crippen LogP contribution in [0.2, 0.25) is 0 Å². The Kier molecular flexibility index (Phi) is 3.09. The first-order valence-electron chi connectivity index (χ1n) is 4.85. The third kappa shape index (κ3) is 2.22. The van der Waals surface area contributed by atoms with E-state index in [-0.39, 0.29) is 11.4 Å². The van der Waals surface area contributed by atoms with Gasteiger partial charge in [-0.2, -0.15) is 0 Å². The monoisotopic (exact) mass is 273 g/mol. The van der Waals surface area contributed by atoms with E-state index in [1.807, 2.05) is 0 Å². The van der Waals surface area contributed by atoms with E-state index >= 15 is 0 Å². The first-order valence-corrected chi connectivity index (χ1v) is 5.64. The minimum atomic E-state index is -0.219. The van der Waals surface area contributed by atoms with Crippen LogP contribution in [0.15, 0.2) is 22.7 Å². The summed E-state index contributed by atoms with van der Waals surface area (Å²) in [5, 5.41) is 3.19. The molecule has 4 heteroatoms. The summed E-state index contributed by atoms with van der Waals surface area (Å²) in [5.41, 5.74) is 0.972. The van der Waals surface area contributed by atoms with Crippen LogP contribution in [0.5, 0.6) is 0 Å². The van der Waals surface area contributed by atoms with Crippen LogP contribution in [0.1, 0.15) is 5.56 Å². The molecule has 0 radical (unpaired) electrons. The Balaban J connectivity index is 2.16. The van der Waals surface area contributed by atoms with Crippen molar-refractivity contribution in [2.24, 2.45) is 0 Å². The number of halogens is 2. The first-order chi connectivity index (χ1) is 7.15. The van der Waals surface area contributed by atoms with Crippen molar-refractivity contribution in [1.82, 2.24) is 5.32 Å². The van der Waals surface area contributed by atoms with Crippen LogP contribution in [0.4, 0.5) is 4.39 Å². The van der Waals surface area contributed by atoms with E-state index in [0.717, 1.165) is 29.5 Å². The van der Waals surface area contributed by atoms with E-state index in [9.17, 15) is 4.39 Å². The topological polar surface area (TPSA) is 21.3 Å². The molecule has 1 aliphatic rings. The highest BCUT2D eigenvalue weighted by Crippen LogP contribution is 2.26. The number of hydrogen-bond donors (Lipinski definition) is 1. The van der Waals surface area contributed by atoms with Gasteiger partial charge in [-0.3, -0.25) is 0 Å². The fourth-order valence-corrected chi connectivity index (χ4v) is 2.25. The number of ether oxygens (including phenoxy) is 1. The van der Waals surface area contributed by atoms with Crippen LogP contribution in [-0.4, -0.2) is 25.8 Å². The van der Waals surface area contributed by atoms with E-state index in [1.54, 1.807) is 13.2 Å². The minimum absolute atomic E-state index is 0.111. The van der Waals surface area contributed by atoms with Gasteiger partial charge in [0.25, 0.3) is 0 Å². The lowest BCUT2D eigenvalue weighted by atomic mass is 9.89. The lowest BCUT2D eigenvalue weighted by Crippen LogP contribution is -2.61. The number of rotatable bonds is 3. The molecule has 0 saturated carbocycles. The number of nitrogens with one attached hydrogen (secondary N) is 1. The molecule has 1 fully saturated rings. The maximum absolute atomic E-state index is 12.9. The predicted octanol–water partition coefficient (Wildman–Crippen LogP) is 2.12. The van der Waals surface area contributed by atoms with Gasteiger partial charge >= 0.3 is 0 Å². The Labute approximate surface area is 96.9 Å². The molecule has 1 N–H and O–H groups in total. The molecular weight excluding hydrogens is 261 g/mol. The van der Waals surface area contributed by atoms with Crippen molar-refractivity contribution in [3.8, 4) is 0 Å². The molecule has 0 unspecified atom stereocenters. The van der Waals surface area contributed by atoms with Gasteiger partial charge in [0.05, 0.1) is 5.60 Å². The summed E-state index contributed by atoms with van der Waals surface area (Å²) in [4.78, 5) is 0. The lowest BCUT2D eigenvalue weighted by molar-refractivity contribution is -0.0503. The molecule has 0 aromatic heterocycles. The average Bonchev–Trinajstić information content (AvgIpc) is 2.14. The van der Waals surface area contributed by atoms with Crippen LogP contribution < -0.4 is 5.32 Å². The quantitative estimate of drug-likeness (QED) is 0.911. The van der Waals surface area contributed by atoms with Crippen molar-refractivity contribution in [3.05, 3.63) is 34.1 Å². The Morgan fingerprint density at radius 2 is 2.27 bits per heavy atom. The summed E-state index contributed by atoms with van der Waals surface area (Å²) >= 11 is 3.37. The third-order valence-corrected chi connectivity index (χ3v) is 3.59. The van der Waals surface area contributed by atoms with Crippen LogP contribution >= 0.6 is 15.9 Å². The Morgan fingerprint density at radius 3 is 2.73 bits per heavy atom. The standard InChI is InChI=1S/C11H13BrFNO/c1-15-11(6-14-7-11)5-8-2-3-9(13)4-10(8)12/h2-4,14H,5-7H2,1H3. The zero-order chi connectivity index (χ0) is 10.9. The van der Waals surface area contributed by atoms with E-state index in [1.165, 1.54) is 12.1 Å². The van der Waals surface area contributed by atoms with Crippen LogP contribution in [0.3, 0.4) is 0 Å².